The van der Waals surface area contributed by atoms with Crippen molar-refractivity contribution >= 4 is 12.6 Å². The highest BCUT2D eigenvalue weighted by Gasteiger charge is 1.98. The lowest BCUT2D eigenvalue weighted by Crippen LogP contribution is -1.92. The number of imidazole rings is 1. The minimum absolute atomic E-state index is 0.0120. The Hall–Kier alpha value is -0.510. The lowest BCUT2D eigenvalue weighted by molar-refractivity contribution is 0.587. The molecule has 1 heterocycles. The summed E-state index contributed by atoms with van der Waals surface area (Å²) in [6.07, 6.45) is 2.71. The molecule has 50 valence electrons. The summed E-state index contributed by atoms with van der Waals surface area (Å²) in [7, 11) is 0. The molecular weight excluding hydrogens is 139 g/mol. The minimum Gasteiger partial charge on any atom is -0.322 e. The third kappa shape index (κ3) is 1.45. The molecule has 0 fully saturated rings. The van der Waals surface area contributed by atoms with Gasteiger partial charge in [-0.15, -0.1) is 0 Å². The summed E-state index contributed by atoms with van der Waals surface area (Å²) in [5.41, 5.74) is 0. The molecule has 1 rings (SSSR count). The van der Waals surface area contributed by atoms with Crippen LogP contribution in [0.4, 0.5) is 4.39 Å². The maximum atomic E-state index is 12.1. The molecule has 0 saturated heterocycles. The zero-order valence-electron chi connectivity index (χ0n) is 4.95. The molecule has 0 aliphatic rings. The molecule has 0 radical (unpaired) electrons. The van der Waals surface area contributed by atoms with Crippen molar-refractivity contribution < 1.29 is 4.39 Å². The highest BCUT2D eigenvalue weighted by molar-refractivity contribution is 7.80. The van der Waals surface area contributed by atoms with Crippen LogP contribution in [0.15, 0.2) is 12.5 Å². The van der Waals surface area contributed by atoms with Crippen molar-refractivity contribution in [2.45, 2.75) is 12.3 Å². The van der Waals surface area contributed by atoms with Crippen molar-refractivity contribution in [1.82, 2.24) is 9.55 Å². The fourth-order valence-corrected chi connectivity index (χ4v) is 0.642. The average molecular weight is 146 g/mol. The third-order valence-electron chi connectivity index (χ3n) is 1.00. The second kappa shape index (κ2) is 2.39. The second-order valence-electron chi connectivity index (χ2n) is 1.78. The van der Waals surface area contributed by atoms with Crippen LogP contribution >= 0.6 is 12.6 Å². The number of thiol groups is 1. The van der Waals surface area contributed by atoms with Gasteiger partial charge in [0, 0.05) is 0 Å². The van der Waals surface area contributed by atoms with Gasteiger partial charge in [0.15, 0.2) is 0 Å². The van der Waals surface area contributed by atoms with Crippen molar-refractivity contribution in [2.75, 3.05) is 0 Å². The molecule has 4 heteroatoms. The standard InChI is InChI=1S/C5H7FN2S/c1-4(9)8-2-5(6)7-3-8/h2-4,9H,1H3/t4-/m0/s1. The summed E-state index contributed by atoms with van der Waals surface area (Å²) >= 11 is 4.06. The van der Waals surface area contributed by atoms with E-state index < -0.39 is 5.95 Å². The maximum Gasteiger partial charge on any atom is 0.230 e. The topological polar surface area (TPSA) is 17.8 Å². The summed E-state index contributed by atoms with van der Waals surface area (Å²) in [5, 5.41) is -0.0120. The first-order chi connectivity index (χ1) is 4.20. The van der Waals surface area contributed by atoms with Gasteiger partial charge in [-0.2, -0.15) is 17.0 Å². The van der Waals surface area contributed by atoms with Gasteiger partial charge in [-0.3, -0.25) is 0 Å². The van der Waals surface area contributed by atoms with Gasteiger partial charge in [-0.25, -0.2) is 4.98 Å². The normalized spacial score (nSPS) is 13.7. The van der Waals surface area contributed by atoms with Crippen LogP contribution in [0.1, 0.15) is 12.3 Å². The van der Waals surface area contributed by atoms with Crippen molar-refractivity contribution in [3.63, 3.8) is 0 Å². The molecule has 0 N–H and O–H groups in total. The predicted molar refractivity (Wildman–Crippen MR) is 35.9 cm³/mol. The van der Waals surface area contributed by atoms with Gasteiger partial charge in [0.2, 0.25) is 5.95 Å². The SMILES string of the molecule is C[C@H](S)n1cnc(F)c1. The van der Waals surface area contributed by atoms with E-state index >= 15 is 0 Å². The van der Waals surface area contributed by atoms with E-state index in [-0.39, 0.29) is 5.37 Å². The van der Waals surface area contributed by atoms with E-state index in [9.17, 15) is 4.39 Å². The Morgan fingerprint density at radius 3 is 2.78 bits per heavy atom. The van der Waals surface area contributed by atoms with Crippen LogP contribution in [0, 0.1) is 5.95 Å². The molecule has 0 aliphatic carbocycles. The summed E-state index contributed by atoms with van der Waals surface area (Å²) in [6, 6.07) is 0. The Bertz CT molecular complexity index is 197. The first-order valence-electron chi connectivity index (χ1n) is 2.57. The van der Waals surface area contributed by atoms with E-state index in [0.717, 1.165) is 0 Å². The molecule has 0 spiro atoms. The fraction of sp³-hybridized carbons (Fsp3) is 0.400. The monoisotopic (exact) mass is 146 g/mol. The van der Waals surface area contributed by atoms with Crippen molar-refractivity contribution in [1.29, 1.82) is 0 Å². The number of aromatic nitrogens is 2. The zero-order valence-corrected chi connectivity index (χ0v) is 5.85. The van der Waals surface area contributed by atoms with Crippen molar-refractivity contribution in [3.8, 4) is 0 Å². The number of hydrogen-bond acceptors (Lipinski definition) is 2. The van der Waals surface area contributed by atoms with E-state index in [0.29, 0.717) is 0 Å². The lowest BCUT2D eigenvalue weighted by Gasteiger charge is -2.01. The highest BCUT2D eigenvalue weighted by Crippen LogP contribution is 2.08. The van der Waals surface area contributed by atoms with Gasteiger partial charge in [-0.05, 0) is 6.92 Å². The summed E-state index contributed by atoms with van der Waals surface area (Å²) in [6.45, 7) is 1.84. The Morgan fingerprint density at radius 2 is 2.56 bits per heavy atom. The number of rotatable bonds is 1. The summed E-state index contributed by atoms with van der Waals surface area (Å²) in [4.78, 5) is 3.39. The van der Waals surface area contributed by atoms with E-state index in [2.05, 4.69) is 17.6 Å². The molecule has 0 aromatic carbocycles. The van der Waals surface area contributed by atoms with E-state index in [1.165, 1.54) is 12.5 Å². The van der Waals surface area contributed by atoms with E-state index in [4.69, 9.17) is 0 Å². The highest BCUT2D eigenvalue weighted by atomic mass is 32.1. The van der Waals surface area contributed by atoms with Crippen molar-refractivity contribution in [3.05, 3.63) is 18.5 Å². The van der Waals surface area contributed by atoms with Gasteiger partial charge >= 0.3 is 0 Å². The van der Waals surface area contributed by atoms with Crippen LogP contribution in [0.25, 0.3) is 0 Å². The smallest absolute Gasteiger partial charge is 0.230 e. The zero-order chi connectivity index (χ0) is 6.85. The first-order valence-corrected chi connectivity index (χ1v) is 3.09. The first kappa shape index (κ1) is 6.61. The Morgan fingerprint density at radius 1 is 1.89 bits per heavy atom. The Kier molecular flexibility index (Phi) is 1.75. The molecule has 1 aromatic rings. The van der Waals surface area contributed by atoms with Crippen LogP contribution in [0.3, 0.4) is 0 Å². The Balaban J connectivity index is 2.85. The molecule has 0 bridgehead atoms. The van der Waals surface area contributed by atoms with Crippen LogP contribution < -0.4 is 0 Å². The second-order valence-corrected chi connectivity index (χ2v) is 2.52. The van der Waals surface area contributed by atoms with Gasteiger partial charge in [0.1, 0.15) is 0 Å². The predicted octanol–water partition coefficient (Wildman–Crippen LogP) is 1.47. The third-order valence-corrected chi connectivity index (χ3v) is 1.27. The summed E-state index contributed by atoms with van der Waals surface area (Å²) < 4.78 is 13.7. The number of nitrogens with zero attached hydrogens (tertiary/aromatic N) is 2. The van der Waals surface area contributed by atoms with Crippen LogP contribution in [0.2, 0.25) is 0 Å². The molecule has 1 aromatic heterocycles. The lowest BCUT2D eigenvalue weighted by atomic mass is 10.7. The van der Waals surface area contributed by atoms with Gasteiger partial charge in [0.25, 0.3) is 0 Å². The average Bonchev–Trinajstić information content (AvgIpc) is 2.14. The van der Waals surface area contributed by atoms with Gasteiger partial charge in [0.05, 0.1) is 17.9 Å². The fourth-order valence-electron chi connectivity index (χ4n) is 0.516. The Labute approximate surface area is 58.1 Å². The summed E-state index contributed by atoms with van der Waals surface area (Å²) in [5.74, 6) is -0.462. The molecule has 2 nitrogen and oxygen atoms in total. The van der Waals surface area contributed by atoms with Crippen LogP contribution in [-0.2, 0) is 0 Å². The van der Waals surface area contributed by atoms with E-state index in [1.807, 2.05) is 6.92 Å². The molecule has 0 unspecified atom stereocenters. The van der Waals surface area contributed by atoms with Crippen molar-refractivity contribution in [2.24, 2.45) is 0 Å². The van der Waals surface area contributed by atoms with Gasteiger partial charge in [-0.1, -0.05) is 0 Å². The molecule has 0 aliphatic heterocycles. The largest absolute Gasteiger partial charge is 0.322 e. The van der Waals surface area contributed by atoms with Gasteiger partial charge < -0.3 is 4.57 Å². The van der Waals surface area contributed by atoms with Crippen LogP contribution in [-0.4, -0.2) is 9.55 Å². The molecular formula is C5H7FN2S. The van der Waals surface area contributed by atoms with Crippen LogP contribution in [0.5, 0.6) is 0 Å². The van der Waals surface area contributed by atoms with E-state index in [1.54, 1.807) is 4.57 Å². The quantitative estimate of drug-likeness (QED) is 0.594. The molecule has 0 amide bonds. The maximum absolute atomic E-state index is 12.1. The molecule has 1 atom stereocenters. The molecule has 9 heavy (non-hydrogen) atoms. The molecule has 0 saturated carbocycles. The number of hydrogen-bond donors (Lipinski definition) is 1. The minimum atomic E-state index is -0.462. The number of halogens is 1.